The Bertz CT molecular complexity index is 907. The second-order valence-corrected chi connectivity index (χ2v) is 7.48. The number of hydrogen-bond donors (Lipinski definition) is 0. The van der Waals surface area contributed by atoms with E-state index in [9.17, 15) is 10.1 Å². The zero-order chi connectivity index (χ0) is 20.1. The third-order valence-electron chi connectivity index (χ3n) is 4.63. The second-order valence-electron chi connectivity index (χ2n) is 6.51. The molecule has 0 aliphatic carbocycles. The number of nitrogens with zero attached hydrogens (tertiary/aromatic N) is 3. The van der Waals surface area contributed by atoms with E-state index in [0.717, 1.165) is 47.6 Å². The van der Waals surface area contributed by atoms with Crippen molar-refractivity contribution in [1.29, 1.82) is 5.26 Å². The molecule has 1 aromatic heterocycles. The van der Waals surface area contributed by atoms with Gasteiger partial charge in [-0.3, -0.25) is 4.79 Å². The van der Waals surface area contributed by atoms with Crippen LogP contribution < -0.4 is 4.74 Å². The average Bonchev–Trinajstić information content (AvgIpc) is 2.71. The molecule has 2 aromatic rings. The topological polar surface area (TPSA) is 75.5 Å². The van der Waals surface area contributed by atoms with Gasteiger partial charge in [0.25, 0.3) is 0 Å². The highest BCUT2D eigenvalue weighted by molar-refractivity contribution is 7.99. The first-order valence-electron chi connectivity index (χ1n) is 9.14. The van der Waals surface area contributed by atoms with Crippen LogP contribution in [0.2, 0.25) is 0 Å². The highest BCUT2D eigenvalue weighted by Crippen LogP contribution is 2.37. The molecule has 1 aliphatic rings. The number of thioether (sulfide) groups is 1. The number of carbonyl (C=O) groups excluding carboxylic acids is 1. The molecular weight excluding hydrogens is 374 g/mol. The number of fused-ring (bicyclic) bond motifs is 1. The molecule has 0 saturated heterocycles. The summed E-state index contributed by atoms with van der Waals surface area (Å²) in [6, 6.07) is 10.0. The second kappa shape index (κ2) is 9.09. The largest absolute Gasteiger partial charge is 0.497 e. The Hall–Kier alpha value is -2.56. The number of benzene rings is 1. The Labute approximate surface area is 169 Å². The van der Waals surface area contributed by atoms with Gasteiger partial charge in [-0.2, -0.15) is 5.26 Å². The number of esters is 1. The minimum absolute atomic E-state index is 0.135. The first-order valence-corrected chi connectivity index (χ1v) is 10.1. The minimum atomic E-state index is -0.304. The molecule has 0 atom stereocenters. The molecule has 28 heavy (non-hydrogen) atoms. The molecule has 0 bridgehead atoms. The molecule has 0 radical (unpaired) electrons. The van der Waals surface area contributed by atoms with Gasteiger partial charge in [0, 0.05) is 30.8 Å². The fraction of sp³-hybridized carbons (Fsp3) is 0.381. The predicted octanol–water partition coefficient (Wildman–Crippen LogP) is 3.27. The summed E-state index contributed by atoms with van der Waals surface area (Å²) in [5, 5.41) is 10.5. The molecule has 0 unspecified atom stereocenters. The van der Waals surface area contributed by atoms with E-state index in [-0.39, 0.29) is 11.7 Å². The van der Waals surface area contributed by atoms with E-state index < -0.39 is 0 Å². The number of methoxy groups -OCH3 is 1. The summed E-state index contributed by atoms with van der Waals surface area (Å²) in [5.74, 6) is 0.594. The van der Waals surface area contributed by atoms with E-state index in [1.807, 2.05) is 24.3 Å². The molecule has 6 nitrogen and oxygen atoms in total. The predicted molar refractivity (Wildman–Crippen MR) is 108 cm³/mol. The number of rotatable bonds is 6. The summed E-state index contributed by atoms with van der Waals surface area (Å²) in [6.07, 6.45) is 0.813. The van der Waals surface area contributed by atoms with Gasteiger partial charge in [-0.05, 0) is 37.2 Å². The van der Waals surface area contributed by atoms with Gasteiger partial charge >= 0.3 is 5.97 Å². The van der Waals surface area contributed by atoms with Crippen LogP contribution in [0.4, 0.5) is 0 Å². The minimum Gasteiger partial charge on any atom is -0.497 e. The number of hydrogen-bond acceptors (Lipinski definition) is 7. The molecule has 7 heteroatoms. The van der Waals surface area contributed by atoms with Gasteiger partial charge < -0.3 is 14.4 Å². The smallest absolute Gasteiger partial charge is 0.316 e. The van der Waals surface area contributed by atoms with E-state index in [4.69, 9.17) is 14.5 Å². The first-order chi connectivity index (χ1) is 13.6. The Balaban J connectivity index is 2.09. The summed E-state index contributed by atoms with van der Waals surface area (Å²) in [4.78, 5) is 18.8. The van der Waals surface area contributed by atoms with Gasteiger partial charge in [-0.1, -0.05) is 23.9 Å². The van der Waals surface area contributed by atoms with Crippen LogP contribution in [-0.4, -0.2) is 48.9 Å². The Morgan fingerprint density at radius 3 is 2.75 bits per heavy atom. The summed E-state index contributed by atoms with van der Waals surface area (Å²) in [7, 11) is 3.69. The van der Waals surface area contributed by atoms with Crippen LogP contribution in [0.25, 0.3) is 11.1 Å². The maximum Gasteiger partial charge on any atom is 0.316 e. The number of ether oxygens (including phenoxy) is 2. The summed E-state index contributed by atoms with van der Waals surface area (Å²) in [5.41, 5.74) is 4.43. The zero-order valence-corrected chi connectivity index (χ0v) is 17.1. The lowest BCUT2D eigenvalue weighted by Crippen LogP contribution is -2.28. The summed E-state index contributed by atoms with van der Waals surface area (Å²) in [6.45, 7) is 3.77. The number of likely N-dealkylation sites (N-methyl/N-ethyl adjacent to an activating group) is 1. The molecule has 0 fully saturated rings. The van der Waals surface area contributed by atoms with Crippen molar-refractivity contribution in [1.82, 2.24) is 9.88 Å². The van der Waals surface area contributed by atoms with E-state index in [2.05, 4.69) is 18.0 Å². The monoisotopic (exact) mass is 397 g/mol. The zero-order valence-electron chi connectivity index (χ0n) is 16.3. The van der Waals surface area contributed by atoms with Crippen molar-refractivity contribution < 1.29 is 14.3 Å². The maximum absolute atomic E-state index is 11.8. The van der Waals surface area contributed by atoms with Crippen LogP contribution in [-0.2, 0) is 22.5 Å². The van der Waals surface area contributed by atoms with Gasteiger partial charge in [0.15, 0.2) is 0 Å². The van der Waals surface area contributed by atoms with Gasteiger partial charge in [-0.25, -0.2) is 4.98 Å². The SMILES string of the molecule is CCOC(=O)CSc1nc2c(c(-c3ccc(OC)cc3)c1C#N)CN(C)CC2. The molecule has 0 N–H and O–H groups in total. The average molecular weight is 398 g/mol. The standard InChI is InChI=1S/C21H23N3O3S/c1-4-27-19(25)13-28-21-16(11-22)20(14-5-7-15(26-3)8-6-14)17-12-24(2)10-9-18(17)23-21/h5-8H,4,9-10,12-13H2,1-3H3. The fourth-order valence-corrected chi connectivity index (χ4v) is 4.09. The summed E-state index contributed by atoms with van der Waals surface area (Å²) >= 11 is 1.26. The van der Waals surface area contributed by atoms with Gasteiger partial charge in [0.05, 0.1) is 25.0 Å². The molecule has 1 aromatic carbocycles. The Kier molecular flexibility index (Phi) is 6.55. The normalized spacial score (nSPS) is 13.5. The van der Waals surface area contributed by atoms with Crippen molar-refractivity contribution in [3.63, 3.8) is 0 Å². The highest BCUT2D eigenvalue weighted by atomic mass is 32.2. The van der Waals surface area contributed by atoms with Crippen molar-refractivity contribution >= 4 is 17.7 Å². The van der Waals surface area contributed by atoms with Crippen LogP contribution in [0, 0.1) is 11.3 Å². The number of carbonyl (C=O) groups is 1. The molecule has 0 saturated carbocycles. The molecular formula is C21H23N3O3S. The van der Waals surface area contributed by atoms with Gasteiger partial charge in [0.1, 0.15) is 16.8 Å². The molecule has 3 rings (SSSR count). The molecule has 2 heterocycles. The fourth-order valence-electron chi connectivity index (χ4n) is 3.29. The van der Waals surface area contributed by atoms with Gasteiger partial charge in [0.2, 0.25) is 0 Å². The van der Waals surface area contributed by atoms with E-state index in [0.29, 0.717) is 17.2 Å². The van der Waals surface area contributed by atoms with Crippen molar-refractivity contribution in [2.75, 3.05) is 33.1 Å². The molecule has 0 amide bonds. The van der Waals surface area contributed by atoms with Crippen molar-refractivity contribution in [2.24, 2.45) is 0 Å². The van der Waals surface area contributed by atoms with Crippen LogP contribution in [0.15, 0.2) is 29.3 Å². The third-order valence-corrected chi connectivity index (χ3v) is 5.58. The van der Waals surface area contributed by atoms with E-state index in [1.165, 1.54) is 11.8 Å². The lowest BCUT2D eigenvalue weighted by molar-refractivity contribution is -0.139. The third kappa shape index (κ3) is 4.29. The van der Waals surface area contributed by atoms with Crippen LogP contribution in [0.1, 0.15) is 23.7 Å². The number of nitriles is 1. The quantitative estimate of drug-likeness (QED) is 0.547. The van der Waals surface area contributed by atoms with Crippen molar-refractivity contribution in [2.45, 2.75) is 24.9 Å². The summed E-state index contributed by atoms with van der Waals surface area (Å²) < 4.78 is 10.3. The first kappa shape index (κ1) is 20.2. The molecule has 0 spiro atoms. The van der Waals surface area contributed by atoms with Crippen LogP contribution in [0.5, 0.6) is 5.75 Å². The highest BCUT2D eigenvalue weighted by Gasteiger charge is 2.25. The van der Waals surface area contributed by atoms with Gasteiger partial charge in [-0.15, -0.1) is 0 Å². The number of aromatic nitrogens is 1. The van der Waals surface area contributed by atoms with E-state index in [1.54, 1.807) is 14.0 Å². The number of pyridine rings is 1. The maximum atomic E-state index is 11.8. The van der Waals surface area contributed by atoms with E-state index >= 15 is 0 Å². The Morgan fingerprint density at radius 1 is 1.36 bits per heavy atom. The Morgan fingerprint density at radius 2 is 2.11 bits per heavy atom. The van der Waals surface area contributed by atoms with Crippen molar-refractivity contribution in [3.8, 4) is 22.9 Å². The molecule has 146 valence electrons. The van der Waals surface area contributed by atoms with Crippen molar-refractivity contribution in [3.05, 3.63) is 41.1 Å². The lowest BCUT2D eigenvalue weighted by Gasteiger charge is -2.28. The van der Waals surface area contributed by atoms with Crippen LogP contribution in [0.3, 0.4) is 0 Å². The van der Waals surface area contributed by atoms with Crippen LogP contribution >= 0.6 is 11.8 Å². The molecule has 1 aliphatic heterocycles. The lowest BCUT2D eigenvalue weighted by atomic mass is 9.92.